The van der Waals surface area contributed by atoms with E-state index in [4.69, 9.17) is 5.73 Å². The Hall–Kier alpha value is -1.84. The van der Waals surface area contributed by atoms with Gasteiger partial charge in [-0.1, -0.05) is 55.3 Å². The van der Waals surface area contributed by atoms with Crippen LogP contribution in [0.25, 0.3) is 0 Å². The summed E-state index contributed by atoms with van der Waals surface area (Å²) in [6, 6.07) is 18.8. The number of aliphatic hydroxyl groups is 1. The first kappa shape index (κ1) is 16.0. The largest absolute Gasteiger partial charge is 0.399 e. The van der Waals surface area contributed by atoms with Crippen LogP contribution in [0.1, 0.15) is 36.8 Å². The van der Waals surface area contributed by atoms with Crippen molar-refractivity contribution in [3.05, 3.63) is 65.7 Å². The van der Waals surface area contributed by atoms with Gasteiger partial charge in [-0.05, 0) is 36.1 Å². The van der Waals surface area contributed by atoms with Gasteiger partial charge < -0.3 is 10.8 Å². The predicted molar refractivity (Wildman–Crippen MR) is 94.8 cm³/mol. The van der Waals surface area contributed by atoms with Crippen molar-refractivity contribution in [3.8, 4) is 0 Å². The number of hydrogen-bond donors (Lipinski definition) is 2. The van der Waals surface area contributed by atoms with Gasteiger partial charge in [0.15, 0.2) is 0 Å². The van der Waals surface area contributed by atoms with Gasteiger partial charge in [0.05, 0.1) is 6.10 Å². The number of aliphatic hydroxyl groups excluding tert-OH is 1. The molecule has 0 unspecified atom stereocenters. The van der Waals surface area contributed by atoms with Crippen molar-refractivity contribution in [3.63, 3.8) is 0 Å². The van der Waals surface area contributed by atoms with Gasteiger partial charge in [-0.15, -0.1) is 0 Å². The highest BCUT2D eigenvalue weighted by molar-refractivity contribution is 5.39. The number of hydrogen-bond acceptors (Lipinski definition) is 3. The van der Waals surface area contributed by atoms with E-state index in [9.17, 15) is 5.11 Å². The third-order valence-electron chi connectivity index (χ3n) is 4.76. The molecule has 1 aliphatic carbocycles. The molecule has 122 valence electrons. The molecular formula is C20H26N2O. The second-order valence-corrected chi connectivity index (χ2v) is 6.55. The highest BCUT2D eigenvalue weighted by atomic mass is 16.3. The van der Waals surface area contributed by atoms with Crippen molar-refractivity contribution in [1.29, 1.82) is 0 Å². The van der Waals surface area contributed by atoms with E-state index in [1.165, 1.54) is 17.5 Å². The lowest BCUT2D eigenvalue weighted by atomic mass is 9.90. The average Bonchev–Trinajstić information content (AvgIpc) is 2.58. The molecule has 1 aliphatic rings. The van der Waals surface area contributed by atoms with E-state index in [-0.39, 0.29) is 12.1 Å². The summed E-state index contributed by atoms with van der Waals surface area (Å²) >= 11 is 0. The fourth-order valence-corrected chi connectivity index (χ4v) is 3.48. The molecule has 1 fully saturated rings. The molecule has 0 saturated heterocycles. The minimum atomic E-state index is -0.221. The number of nitrogens with two attached hydrogens (primary N) is 1. The molecular weight excluding hydrogens is 284 g/mol. The molecule has 23 heavy (non-hydrogen) atoms. The van der Waals surface area contributed by atoms with E-state index in [1.54, 1.807) is 0 Å². The quantitative estimate of drug-likeness (QED) is 0.830. The van der Waals surface area contributed by atoms with E-state index in [0.29, 0.717) is 0 Å². The number of anilines is 1. The summed E-state index contributed by atoms with van der Waals surface area (Å²) in [6.45, 7) is 1.71. The van der Waals surface area contributed by atoms with E-state index in [1.807, 2.05) is 18.2 Å². The number of benzene rings is 2. The highest BCUT2D eigenvalue weighted by Gasteiger charge is 2.28. The van der Waals surface area contributed by atoms with Crippen LogP contribution in [-0.2, 0) is 13.1 Å². The normalized spacial score (nSPS) is 21.5. The van der Waals surface area contributed by atoms with Gasteiger partial charge in [0.25, 0.3) is 0 Å². The molecule has 2 aromatic carbocycles. The topological polar surface area (TPSA) is 49.5 Å². The van der Waals surface area contributed by atoms with Gasteiger partial charge in [-0.3, -0.25) is 4.90 Å². The zero-order valence-corrected chi connectivity index (χ0v) is 13.6. The second kappa shape index (κ2) is 7.62. The van der Waals surface area contributed by atoms with Crippen molar-refractivity contribution in [2.45, 2.75) is 50.9 Å². The fourth-order valence-electron chi connectivity index (χ4n) is 3.48. The Kier molecular flexibility index (Phi) is 5.31. The van der Waals surface area contributed by atoms with Crippen LogP contribution in [0.3, 0.4) is 0 Å². The summed E-state index contributed by atoms with van der Waals surface area (Å²) in [5.41, 5.74) is 9.12. The summed E-state index contributed by atoms with van der Waals surface area (Å²) < 4.78 is 0. The van der Waals surface area contributed by atoms with Gasteiger partial charge in [0.2, 0.25) is 0 Å². The average molecular weight is 310 g/mol. The smallest absolute Gasteiger partial charge is 0.0695 e. The Morgan fingerprint density at radius 1 is 0.870 bits per heavy atom. The van der Waals surface area contributed by atoms with Crippen LogP contribution in [0.5, 0.6) is 0 Å². The van der Waals surface area contributed by atoms with E-state index in [2.05, 4.69) is 41.3 Å². The minimum absolute atomic E-state index is 0.221. The molecule has 2 aromatic rings. The molecule has 1 saturated carbocycles. The molecule has 0 aromatic heterocycles. The maximum Gasteiger partial charge on any atom is 0.0695 e. The van der Waals surface area contributed by atoms with Crippen molar-refractivity contribution >= 4 is 5.69 Å². The second-order valence-electron chi connectivity index (χ2n) is 6.55. The summed E-state index contributed by atoms with van der Waals surface area (Å²) in [6.07, 6.45) is 4.11. The number of nitrogens with zero attached hydrogens (tertiary/aromatic N) is 1. The van der Waals surface area contributed by atoms with Crippen molar-refractivity contribution in [2.24, 2.45) is 0 Å². The zero-order valence-electron chi connectivity index (χ0n) is 13.6. The van der Waals surface area contributed by atoms with E-state index < -0.39 is 0 Å². The highest BCUT2D eigenvalue weighted by Crippen LogP contribution is 2.26. The molecule has 3 rings (SSSR count). The Bertz CT molecular complexity index is 597. The molecule has 0 radical (unpaired) electrons. The van der Waals surface area contributed by atoms with Gasteiger partial charge in [-0.2, -0.15) is 0 Å². The summed E-state index contributed by atoms with van der Waals surface area (Å²) in [5, 5.41) is 10.5. The molecule has 0 heterocycles. The monoisotopic (exact) mass is 310 g/mol. The Morgan fingerprint density at radius 2 is 1.48 bits per heavy atom. The third-order valence-corrected chi connectivity index (χ3v) is 4.76. The molecule has 3 heteroatoms. The molecule has 0 bridgehead atoms. The summed E-state index contributed by atoms with van der Waals surface area (Å²) in [5.74, 6) is 0. The Morgan fingerprint density at radius 3 is 2.13 bits per heavy atom. The lowest BCUT2D eigenvalue weighted by Crippen LogP contribution is -2.44. The first-order valence-corrected chi connectivity index (χ1v) is 8.53. The molecule has 3 N–H and O–H groups in total. The first-order valence-electron chi connectivity index (χ1n) is 8.53. The van der Waals surface area contributed by atoms with Crippen molar-refractivity contribution in [2.75, 3.05) is 5.73 Å². The molecule has 0 spiro atoms. The lowest BCUT2D eigenvalue weighted by molar-refractivity contribution is 0.0114. The fraction of sp³-hybridized carbons (Fsp3) is 0.400. The first-order chi connectivity index (χ1) is 11.2. The maximum atomic E-state index is 10.5. The summed E-state index contributed by atoms with van der Waals surface area (Å²) in [7, 11) is 0. The summed E-state index contributed by atoms with van der Waals surface area (Å²) in [4.78, 5) is 2.42. The maximum absolute atomic E-state index is 10.5. The number of nitrogen functional groups attached to an aromatic ring is 1. The van der Waals surface area contributed by atoms with Gasteiger partial charge in [0.1, 0.15) is 0 Å². The van der Waals surface area contributed by atoms with E-state index in [0.717, 1.165) is 38.0 Å². The standard InChI is InChI=1S/C20H26N2O/c21-18-12-10-17(11-13-18)15-22(14-16-6-2-1-3-7-16)19-8-4-5-9-20(19)23/h1-3,6-7,10-13,19-20,23H,4-5,8-9,14-15,21H2/t19-,20-/m0/s1. The molecule has 0 amide bonds. The van der Waals surface area contributed by atoms with Gasteiger partial charge in [-0.25, -0.2) is 0 Å². The molecule has 2 atom stereocenters. The van der Waals surface area contributed by atoms with Crippen LogP contribution in [0, 0.1) is 0 Å². The van der Waals surface area contributed by atoms with Gasteiger partial charge in [0, 0.05) is 24.8 Å². The zero-order chi connectivity index (χ0) is 16.1. The van der Waals surface area contributed by atoms with Crippen molar-refractivity contribution < 1.29 is 5.11 Å². The minimum Gasteiger partial charge on any atom is -0.399 e. The van der Waals surface area contributed by atoms with Crippen LogP contribution < -0.4 is 5.73 Å². The van der Waals surface area contributed by atoms with Crippen LogP contribution in [0.4, 0.5) is 5.69 Å². The van der Waals surface area contributed by atoms with Crippen molar-refractivity contribution in [1.82, 2.24) is 4.90 Å². The van der Waals surface area contributed by atoms with Crippen LogP contribution in [0.2, 0.25) is 0 Å². The van der Waals surface area contributed by atoms with Crippen LogP contribution >= 0.6 is 0 Å². The van der Waals surface area contributed by atoms with E-state index >= 15 is 0 Å². The Balaban J connectivity index is 1.78. The van der Waals surface area contributed by atoms with Gasteiger partial charge >= 0.3 is 0 Å². The Labute approximate surface area is 138 Å². The lowest BCUT2D eigenvalue weighted by Gasteiger charge is -2.38. The predicted octanol–water partition coefficient (Wildman–Crippen LogP) is 3.57. The molecule has 3 nitrogen and oxygen atoms in total. The van der Waals surface area contributed by atoms with Crippen LogP contribution in [0.15, 0.2) is 54.6 Å². The third kappa shape index (κ3) is 4.34. The molecule has 0 aliphatic heterocycles. The SMILES string of the molecule is Nc1ccc(CN(Cc2ccccc2)[C@H]2CCCC[C@@H]2O)cc1. The van der Waals surface area contributed by atoms with Crippen LogP contribution in [-0.4, -0.2) is 22.2 Å². The number of rotatable bonds is 5.